The Morgan fingerprint density at radius 1 is 1.09 bits per heavy atom. The van der Waals surface area contributed by atoms with Crippen molar-refractivity contribution in [3.8, 4) is 0 Å². The van der Waals surface area contributed by atoms with Gasteiger partial charge in [-0.1, -0.05) is 46.3 Å². The lowest BCUT2D eigenvalue weighted by Gasteiger charge is -2.21. The quantitative estimate of drug-likeness (QED) is 0.780. The van der Waals surface area contributed by atoms with E-state index in [9.17, 15) is 18.3 Å². The normalized spacial score (nSPS) is 14.0. The maximum Gasteiger partial charge on any atom is 0.416 e. The molecule has 126 valence electrons. The molecule has 0 unspecified atom stereocenters. The number of hydrogen-bond acceptors (Lipinski definition) is 2. The summed E-state index contributed by atoms with van der Waals surface area (Å²) >= 11 is 3.19. The molecule has 0 aliphatic carbocycles. The molecule has 2 aromatic rings. The third-order valence-corrected chi connectivity index (χ3v) is 4.11. The van der Waals surface area contributed by atoms with Gasteiger partial charge in [-0.25, -0.2) is 0 Å². The van der Waals surface area contributed by atoms with Crippen LogP contribution in [0.1, 0.15) is 22.7 Å². The first-order valence-electron chi connectivity index (χ1n) is 6.63. The molecule has 7 heteroatoms. The molecule has 2 rings (SSSR count). The molecule has 0 fully saturated rings. The Morgan fingerprint density at radius 3 is 2.26 bits per heavy atom. The largest absolute Gasteiger partial charge is 0.416 e. The van der Waals surface area contributed by atoms with E-state index in [4.69, 9.17) is 5.73 Å². The van der Waals surface area contributed by atoms with Crippen LogP contribution in [-0.4, -0.2) is 11.2 Å². The van der Waals surface area contributed by atoms with E-state index in [0.717, 1.165) is 17.7 Å². The Balaban J connectivity index is 0.00000264. The van der Waals surface area contributed by atoms with Crippen LogP contribution in [0.2, 0.25) is 0 Å². The van der Waals surface area contributed by atoms with Gasteiger partial charge in [-0.05, 0) is 29.3 Å². The van der Waals surface area contributed by atoms with E-state index in [2.05, 4.69) is 15.9 Å². The Kier molecular flexibility index (Phi) is 7.07. The van der Waals surface area contributed by atoms with Crippen molar-refractivity contribution in [2.24, 2.45) is 5.73 Å². The van der Waals surface area contributed by atoms with Gasteiger partial charge in [0.25, 0.3) is 0 Å². The summed E-state index contributed by atoms with van der Waals surface area (Å²) < 4.78 is 38.8. The second-order valence-corrected chi connectivity index (χ2v) is 5.87. The molecular weight excluding hydrogens is 395 g/mol. The minimum absolute atomic E-state index is 0. The smallest absolute Gasteiger partial charge is 0.391 e. The van der Waals surface area contributed by atoms with Crippen molar-refractivity contribution in [3.05, 3.63) is 69.7 Å². The Labute approximate surface area is 147 Å². The molecule has 0 saturated carbocycles. The van der Waals surface area contributed by atoms with Gasteiger partial charge in [0, 0.05) is 10.9 Å². The van der Waals surface area contributed by atoms with E-state index in [0.29, 0.717) is 4.47 Å². The number of aliphatic hydroxyl groups is 1. The van der Waals surface area contributed by atoms with Crippen molar-refractivity contribution in [2.75, 3.05) is 0 Å². The summed E-state index contributed by atoms with van der Waals surface area (Å²) in [4.78, 5) is 0. The van der Waals surface area contributed by atoms with Crippen molar-refractivity contribution in [2.45, 2.75) is 24.7 Å². The highest BCUT2D eigenvalue weighted by Gasteiger charge is 2.32. The lowest BCUT2D eigenvalue weighted by Crippen LogP contribution is -2.28. The molecule has 0 heterocycles. The van der Waals surface area contributed by atoms with E-state index in [-0.39, 0.29) is 24.4 Å². The van der Waals surface area contributed by atoms with Gasteiger partial charge in [0.05, 0.1) is 17.7 Å². The van der Waals surface area contributed by atoms with Crippen LogP contribution in [0.15, 0.2) is 53.0 Å². The number of halogens is 5. The first kappa shape index (κ1) is 20.0. The Morgan fingerprint density at radius 2 is 1.70 bits per heavy atom. The summed E-state index contributed by atoms with van der Waals surface area (Å²) in [6.45, 7) is 0. The van der Waals surface area contributed by atoms with Crippen LogP contribution in [0.25, 0.3) is 0 Å². The lowest BCUT2D eigenvalue weighted by atomic mass is 9.95. The predicted molar refractivity (Wildman–Crippen MR) is 89.5 cm³/mol. The topological polar surface area (TPSA) is 46.2 Å². The molecule has 23 heavy (non-hydrogen) atoms. The average Bonchev–Trinajstić information content (AvgIpc) is 2.46. The van der Waals surface area contributed by atoms with Crippen molar-refractivity contribution in [1.82, 2.24) is 0 Å². The fourth-order valence-corrected chi connectivity index (χ4v) is 2.68. The van der Waals surface area contributed by atoms with Crippen molar-refractivity contribution in [1.29, 1.82) is 0 Å². The van der Waals surface area contributed by atoms with Gasteiger partial charge in [0.1, 0.15) is 0 Å². The van der Waals surface area contributed by atoms with Gasteiger partial charge in [-0.2, -0.15) is 13.2 Å². The van der Waals surface area contributed by atoms with Gasteiger partial charge in [-0.15, -0.1) is 12.4 Å². The van der Waals surface area contributed by atoms with E-state index >= 15 is 0 Å². The zero-order valence-electron chi connectivity index (χ0n) is 11.9. The molecule has 2 atom stereocenters. The van der Waals surface area contributed by atoms with Crippen LogP contribution in [0.5, 0.6) is 0 Å². The van der Waals surface area contributed by atoms with Crippen molar-refractivity contribution in [3.63, 3.8) is 0 Å². The summed E-state index contributed by atoms with van der Waals surface area (Å²) in [6, 6.07) is 11.5. The number of benzene rings is 2. The number of alkyl halides is 3. The van der Waals surface area contributed by atoms with Crippen LogP contribution in [0, 0.1) is 0 Å². The molecule has 0 amide bonds. The standard InChI is InChI=1S/C16H15BrF3NO.ClH/c17-13-7-6-11(16(18,19)20)9-12(13)15(21)14(22)8-10-4-2-1-3-5-10;/h1-7,9,14-15,22H,8,21H2;1H/t14-,15+;/m0./s1. The molecular formula is C16H16BrClF3NO. The maximum absolute atomic E-state index is 12.8. The van der Waals surface area contributed by atoms with Crippen LogP contribution in [0.4, 0.5) is 13.2 Å². The second kappa shape index (κ2) is 8.15. The van der Waals surface area contributed by atoms with Gasteiger partial charge in [-0.3, -0.25) is 0 Å². The predicted octanol–water partition coefficient (Wildman–Crippen LogP) is 4.49. The van der Waals surface area contributed by atoms with Crippen LogP contribution in [0.3, 0.4) is 0 Å². The number of rotatable bonds is 4. The number of hydrogen-bond donors (Lipinski definition) is 2. The maximum atomic E-state index is 12.8. The molecule has 0 spiro atoms. The first-order chi connectivity index (χ1) is 10.3. The molecule has 0 bridgehead atoms. The van der Waals surface area contributed by atoms with Crippen molar-refractivity contribution >= 4 is 28.3 Å². The molecule has 2 nitrogen and oxygen atoms in total. The first-order valence-corrected chi connectivity index (χ1v) is 7.42. The highest BCUT2D eigenvalue weighted by molar-refractivity contribution is 9.10. The zero-order valence-corrected chi connectivity index (χ0v) is 14.3. The third-order valence-electron chi connectivity index (χ3n) is 3.38. The van der Waals surface area contributed by atoms with Crippen LogP contribution in [-0.2, 0) is 12.6 Å². The van der Waals surface area contributed by atoms with E-state index in [1.165, 1.54) is 6.07 Å². The summed E-state index contributed by atoms with van der Waals surface area (Å²) in [5, 5.41) is 10.2. The summed E-state index contributed by atoms with van der Waals surface area (Å²) in [5.41, 5.74) is 6.27. The lowest BCUT2D eigenvalue weighted by molar-refractivity contribution is -0.137. The van der Waals surface area contributed by atoms with Gasteiger partial charge >= 0.3 is 6.18 Å². The fraction of sp³-hybridized carbons (Fsp3) is 0.250. The molecule has 0 radical (unpaired) electrons. The molecule has 0 aromatic heterocycles. The zero-order chi connectivity index (χ0) is 16.3. The molecule has 0 aliphatic heterocycles. The Hall–Kier alpha value is -1.08. The molecule has 2 aromatic carbocycles. The highest BCUT2D eigenvalue weighted by atomic mass is 79.9. The highest BCUT2D eigenvalue weighted by Crippen LogP contribution is 2.34. The van der Waals surface area contributed by atoms with E-state index in [1.54, 1.807) is 0 Å². The monoisotopic (exact) mass is 409 g/mol. The van der Waals surface area contributed by atoms with E-state index < -0.39 is 23.9 Å². The van der Waals surface area contributed by atoms with Crippen molar-refractivity contribution < 1.29 is 18.3 Å². The SMILES string of the molecule is Cl.N[C@H](c1cc(C(F)(F)F)ccc1Br)[C@@H](O)Cc1ccccc1. The minimum atomic E-state index is -4.44. The number of aliphatic hydroxyl groups excluding tert-OH is 1. The van der Waals surface area contributed by atoms with E-state index in [1.807, 2.05) is 30.3 Å². The molecule has 0 aliphatic rings. The average molecular weight is 411 g/mol. The van der Waals surface area contributed by atoms with Gasteiger partial charge in [0.15, 0.2) is 0 Å². The van der Waals surface area contributed by atoms with Crippen LogP contribution >= 0.6 is 28.3 Å². The van der Waals surface area contributed by atoms with Crippen LogP contribution < -0.4 is 5.73 Å². The summed E-state index contributed by atoms with van der Waals surface area (Å²) in [7, 11) is 0. The minimum Gasteiger partial charge on any atom is -0.391 e. The second-order valence-electron chi connectivity index (χ2n) is 5.02. The fourth-order valence-electron chi connectivity index (χ4n) is 2.17. The van der Waals surface area contributed by atoms with Gasteiger partial charge in [0.2, 0.25) is 0 Å². The number of nitrogens with two attached hydrogens (primary N) is 1. The summed E-state index contributed by atoms with van der Waals surface area (Å²) in [5.74, 6) is 0. The third kappa shape index (κ3) is 5.21. The molecule has 3 N–H and O–H groups in total. The Bertz CT molecular complexity index is 637. The van der Waals surface area contributed by atoms with Gasteiger partial charge < -0.3 is 10.8 Å². The summed E-state index contributed by atoms with van der Waals surface area (Å²) in [6.07, 6.45) is -5.16. The molecule has 0 saturated heterocycles.